The molecule has 0 aliphatic carbocycles. The molecule has 3 aromatic rings. The molecule has 11 heteroatoms. The molecule has 36 heavy (non-hydrogen) atoms. The Labute approximate surface area is 204 Å². The molecule has 0 N–H and O–H groups in total. The fourth-order valence-corrected chi connectivity index (χ4v) is 4.23. The molecule has 0 bridgehead atoms. The summed E-state index contributed by atoms with van der Waals surface area (Å²) in [5, 5.41) is -0.111. The van der Waals surface area contributed by atoms with Crippen molar-refractivity contribution in [3.63, 3.8) is 0 Å². The second-order valence-corrected chi connectivity index (χ2v) is 8.72. The van der Waals surface area contributed by atoms with E-state index >= 15 is 4.39 Å². The lowest BCUT2D eigenvalue weighted by Gasteiger charge is -2.23. The molecule has 2 aromatic heterocycles. The molecule has 0 spiro atoms. The van der Waals surface area contributed by atoms with Gasteiger partial charge in [-0.1, -0.05) is 12.1 Å². The maximum absolute atomic E-state index is 15.2. The minimum Gasteiger partial charge on any atom is -0.462 e. The molecule has 192 valence electrons. The molecule has 0 atom stereocenters. The lowest BCUT2D eigenvalue weighted by atomic mass is 10.1. The standard InChI is InChI=1S/C25H26F4N4O3/c1-3-36-24(35)19-15-33(14-16-5-7-17(8-6-16)25(27,28)29)22-18(21(19)34)13-20(26)23(30-22)32-10-4-9-31(2)11-12-32/h5-8,13,15H,3-4,9-12,14H2,1-2H3. The summed E-state index contributed by atoms with van der Waals surface area (Å²) in [4.78, 5) is 34.0. The summed E-state index contributed by atoms with van der Waals surface area (Å²) in [5.74, 6) is -1.47. The van der Waals surface area contributed by atoms with Gasteiger partial charge in [0.25, 0.3) is 0 Å². The number of alkyl halides is 3. The normalized spacial score (nSPS) is 15.2. The lowest BCUT2D eigenvalue weighted by Crippen LogP contribution is -2.30. The first-order chi connectivity index (χ1) is 17.1. The highest BCUT2D eigenvalue weighted by molar-refractivity contribution is 5.93. The summed E-state index contributed by atoms with van der Waals surface area (Å²) in [6.07, 6.45) is -2.41. The van der Waals surface area contributed by atoms with Gasteiger partial charge in [0, 0.05) is 32.4 Å². The van der Waals surface area contributed by atoms with Crippen LogP contribution in [0.5, 0.6) is 0 Å². The van der Waals surface area contributed by atoms with Gasteiger partial charge in [-0.2, -0.15) is 13.2 Å². The van der Waals surface area contributed by atoms with Crippen molar-refractivity contribution in [2.75, 3.05) is 44.7 Å². The highest BCUT2D eigenvalue weighted by Crippen LogP contribution is 2.29. The van der Waals surface area contributed by atoms with E-state index < -0.39 is 29.0 Å². The molecule has 0 saturated carbocycles. The summed E-state index contributed by atoms with van der Waals surface area (Å²) < 4.78 is 60.6. The van der Waals surface area contributed by atoms with Gasteiger partial charge >= 0.3 is 12.1 Å². The van der Waals surface area contributed by atoms with Crippen molar-refractivity contribution >= 4 is 22.8 Å². The minimum absolute atomic E-state index is 0.00212. The number of hydrogen-bond donors (Lipinski definition) is 0. The fourth-order valence-electron chi connectivity index (χ4n) is 4.23. The molecule has 1 aliphatic heterocycles. The molecule has 1 saturated heterocycles. The summed E-state index contributed by atoms with van der Waals surface area (Å²) in [6.45, 7) is 4.30. The van der Waals surface area contributed by atoms with Crippen LogP contribution < -0.4 is 10.3 Å². The smallest absolute Gasteiger partial charge is 0.416 e. The van der Waals surface area contributed by atoms with E-state index in [1.165, 1.54) is 22.9 Å². The summed E-state index contributed by atoms with van der Waals surface area (Å²) >= 11 is 0. The Morgan fingerprint density at radius 3 is 2.50 bits per heavy atom. The van der Waals surface area contributed by atoms with Crippen molar-refractivity contribution in [3.05, 3.63) is 69.3 Å². The van der Waals surface area contributed by atoms with Gasteiger partial charge in [-0.25, -0.2) is 14.2 Å². The Bertz CT molecular complexity index is 1320. The van der Waals surface area contributed by atoms with Crippen LogP contribution in [-0.4, -0.2) is 60.3 Å². The van der Waals surface area contributed by atoms with Crippen molar-refractivity contribution in [3.8, 4) is 0 Å². The van der Waals surface area contributed by atoms with Crippen molar-refractivity contribution in [1.29, 1.82) is 0 Å². The number of nitrogens with zero attached hydrogens (tertiary/aromatic N) is 4. The van der Waals surface area contributed by atoms with Gasteiger partial charge in [-0.3, -0.25) is 4.79 Å². The highest BCUT2D eigenvalue weighted by Gasteiger charge is 2.30. The number of benzene rings is 1. The zero-order chi connectivity index (χ0) is 26.0. The Morgan fingerprint density at radius 1 is 1.11 bits per heavy atom. The van der Waals surface area contributed by atoms with Gasteiger partial charge in [-0.05, 0) is 50.7 Å². The van der Waals surface area contributed by atoms with Crippen molar-refractivity contribution in [1.82, 2.24) is 14.5 Å². The average Bonchev–Trinajstić information content (AvgIpc) is 3.05. The number of hydrogen-bond acceptors (Lipinski definition) is 6. The molecule has 3 heterocycles. The molecule has 4 rings (SSSR count). The van der Waals surface area contributed by atoms with Crippen molar-refractivity contribution in [2.24, 2.45) is 0 Å². The number of aromatic nitrogens is 2. The van der Waals surface area contributed by atoms with E-state index in [9.17, 15) is 22.8 Å². The molecule has 0 radical (unpaired) electrons. The number of pyridine rings is 2. The molecular formula is C25H26F4N4O3. The number of ether oxygens (including phenoxy) is 1. The van der Waals surface area contributed by atoms with Gasteiger partial charge in [0.15, 0.2) is 11.6 Å². The van der Waals surface area contributed by atoms with E-state index in [4.69, 9.17) is 4.74 Å². The summed E-state index contributed by atoms with van der Waals surface area (Å²) in [6, 6.07) is 5.61. The van der Waals surface area contributed by atoms with E-state index in [2.05, 4.69) is 9.88 Å². The van der Waals surface area contributed by atoms with Gasteiger partial charge in [0.05, 0.1) is 17.6 Å². The zero-order valence-electron chi connectivity index (χ0n) is 19.9. The van der Waals surface area contributed by atoms with Gasteiger partial charge in [0.1, 0.15) is 11.2 Å². The Kier molecular flexibility index (Phi) is 7.30. The molecule has 1 aromatic carbocycles. The summed E-state index contributed by atoms with van der Waals surface area (Å²) in [5.41, 5.74) is -1.21. The molecule has 0 amide bonds. The van der Waals surface area contributed by atoms with Crippen LogP contribution in [0.25, 0.3) is 11.0 Å². The number of likely N-dealkylation sites (N-methyl/N-ethyl adjacent to an activating group) is 1. The van der Waals surface area contributed by atoms with Crippen LogP contribution in [0.15, 0.2) is 41.3 Å². The van der Waals surface area contributed by atoms with Gasteiger partial charge in [0.2, 0.25) is 5.43 Å². The van der Waals surface area contributed by atoms with Gasteiger partial charge < -0.3 is 19.1 Å². The minimum atomic E-state index is -4.48. The first-order valence-corrected chi connectivity index (χ1v) is 11.6. The van der Waals surface area contributed by atoms with E-state index in [1.54, 1.807) is 6.92 Å². The number of carbonyl (C=O) groups excluding carboxylic acids is 1. The van der Waals surface area contributed by atoms with E-state index in [0.29, 0.717) is 25.2 Å². The number of carbonyl (C=O) groups is 1. The number of esters is 1. The zero-order valence-corrected chi connectivity index (χ0v) is 19.9. The average molecular weight is 507 g/mol. The quantitative estimate of drug-likeness (QED) is 0.386. The Morgan fingerprint density at radius 2 is 1.83 bits per heavy atom. The van der Waals surface area contributed by atoms with Crippen LogP contribution in [-0.2, 0) is 17.5 Å². The second kappa shape index (κ2) is 10.3. The maximum atomic E-state index is 15.2. The van der Waals surface area contributed by atoms with Crippen LogP contribution >= 0.6 is 0 Å². The third kappa shape index (κ3) is 5.35. The van der Waals surface area contributed by atoms with Crippen LogP contribution in [0.4, 0.5) is 23.4 Å². The van der Waals surface area contributed by atoms with E-state index in [1.807, 2.05) is 11.9 Å². The predicted molar refractivity (Wildman–Crippen MR) is 127 cm³/mol. The fraction of sp³-hybridized carbons (Fsp3) is 0.400. The topological polar surface area (TPSA) is 67.7 Å². The molecule has 1 aliphatic rings. The first kappa shape index (κ1) is 25.6. The monoisotopic (exact) mass is 506 g/mol. The van der Waals surface area contributed by atoms with Crippen molar-refractivity contribution in [2.45, 2.75) is 26.1 Å². The molecule has 7 nitrogen and oxygen atoms in total. The molecule has 1 fully saturated rings. The predicted octanol–water partition coefficient (Wildman–Crippen LogP) is 3.92. The lowest BCUT2D eigenvalue weighted by molar-refractivity contribution is -0.137. The Balaban J connectivity index is 1.84. The van der Waals surface area contributed by atoms with Crippen LogP contribution in [0.3, 0.4) is 0 Å². The third-order valence-corrected chi connectivity index (χ3v) is 6.13. The number of rotatable bonds is 5. The van der Waals surface area contributed by atoms with Crippen molar-refractivity contribution < 1.29 is 27.1 Å². The van der Waals surface area contributed by atoms with E-state index in [-0.39, 0.29) is 35.6 Å². The highest BCUT2D eigenvalue weighted by atomic mass is 19.4. The molecular weight excluding hydrogens is 480 g/mol. The second-order valence-electron chi connectivity index (χ2n) is 8.72. The number of anilines is 1. The van der Waals surface area contributed by atoms with E-state index in [0.717, 1.165) is 31.2 Å². The maximum Gasteiger partial charge on any atom is 0.416 e. The van der Waals surface area contributed by atoms with Gasteiger partial charge in [-0.15, -0.1) is 0 Å². The SMILES string of the molecule is CCOC(=O)c1cn(Cc2ccc(C(F)(F)F)cc2)c2nc(N3CCCN(C)CC3)c(F)cc2c1=O. The number of halogens is 4. The summed E-state index contributed by atoms with van der Waals surface area (Å²) in [7, 11) is 1.98. The molecule has 0 unspecified atom stereocenters. The van der Waals surface area contributed by atoms with Crippen LogP contribution in [0, 0.1) is 5.82 Å². The number of fused-ring (bicyclic) bond motifs is 1. The van der Waals surface area contributed by atoms with Crippen LogP contribution in [0.2, 0.25) is 0 Å². The third-order valence-electron chi connectivity index (χ3n) is 6.13. The van der Waals surface area contributed by atoms with Crippen LogP contribution in [0.1, 0.15) is 34.8 Å². The Hall–Kier alpha value is -3.47. The largest absolute Gasteiger partial charge is 0.462 e. The first-order valence-electron chi connectivity index (χ1n) is 11.6.